The molecular weight excluding hydrogens is 402 g/mol. The van der Waals surface area contributed by atoms with Gasteiger partial charge in [-0.2, -0.15) is 15.4 Å². The van der Waals surface area contributed by atoms with E-state index in [-0.39, 0.29) is 23.6 Å². The number of aromatic nitrogens is 5. The number of aryl methyl sites for hydroxylation is 1. The number of amides is 4. The summed E-state index contributed by atoms with van der Waals surface area (Å²) in [7, 11) is 0. The Morgan fingerprint density at radius 1 is 0.806 bits per heavy atom. The number of rotatable bonds is 7. The Labute approximate surface area is 179 Å². The van der Waals surface area contributed by atoms with E-state index >= 15 is 0 Å². The lowest BCUT2D eigenvalue weighted by molar-refractivity contribution is -0.149. The molecule has 4 heterocycles. The molecule has 2 aliphatic rings. The Balaban J connectivity index is 0.000000176. The molecule has 0 atom stereocenters. The highest BCUT2D eigenvalue weighted by molar-refractivity contribution is 5.98. The van der Waals surface area contributed by atoms with Crippen LogP contribution >= 0.6 is 0 Å². The molecule has 2 N–H and O–H groups in total. The topological polar surface area (TPSA) is 145 Å². The molecule has 2 aromatic rings. The summed E-state index contributed by atoms with van der Waals surface area (Å²) in [5.74, 6) is -0.203. The number of likely N-dealkylation sites (tertiary alicyclic amines) is 2. The minimum absolute atomic E-state index is 0.0270. The van der Waals surface area contributed by atoms with Crippen molar-refractivity contribution in [2.75, 3.05) is 13.1 Å². The van der Waals surface area contributed by atoms with Gasteiger partial charge in [0.25, 0.3) is 0 Å². The zero-order chi connectivity index (χ0) is 22.1. The first kappa shape index (κ1) is 22.3. The van der Waals surface area contributed by atoms with Gasteiger partial charge in [-0.05, 0) is 25.7 Å². The van der Waals surface area contributed by atoms with Gasteiger partial charge in [0.05, 0.1) is 18.2 Å². The number of nitrogens with zero attached hydrogens (tertiary/aromatic N) is 5. The van der Waals surface area contributed by atoms with E-state index < -0.39 is 0 Å². The van der Waals surface area contributed by atoms with Gasteiger partial charge in [-0.25, -0.2) is 4.98 Å². The zero-order valence-electron chi connectivity index (χ0n) is 17.4. The van der Waals surface area contributed by atoms with Crippen molar-refractivity contribution in [2.45, 2.75) is 57.8 Å². The van der Waals surface area contributed by atoms with Crippen LogP contribution < -0.4 is 0 Å². The molecule has 4 amide bonds. The van der Waals surface area contributed by atoms with Crippen LogP contribution in [0.5, 0.6) is 0 Å². The van der Waals surface area contributed by atoms with E-state index in [1.807, 2.05) is 0 Å². The molecule has 31 heavy (non-hydrogen) atoms. The molecule has 2 fully saturated rings. The molecule has 2 aliphatic heterocycles. The van der Waals surface area contributed by atoms with E-state index in [2.05, 4.69) is 25.4 Å². The van der Waals surface area contributed by atoms with E-state index in [4.69, 9.17) is 0 Å². The molecule has 2 saturated heterocycles. The quantitative estimate of drug-likeness (QED) is 0.618. The van der Waals surface area contributed by atoms with E-state index in [1.165, 1.54) is 9.80 Å². The van der Waals surface area contributed by atoms with E-state index in [0.29, 0.717) is 58.0 Å². The highest BCUT2D eigenvalue weighted by Crippen LogP contribution is 2.13. The first-order valence-corrected chi connectivity index (χ1v) is 10.5. The number of aromatic amines is 2. The van der Waals surface area contributed by atoms with Crippen molar-refractivity contribution in [3.63, 3.8) is 0 Å². The van der Waals surface area contributed by atoms with Gasteiger partial charge in [-0.15, -0.1) is 0 Å². The summed E-state index contributed by atoms with van der Waals surface area (Å²) in [5, 5.41) is 10.0. The number of imidazole rings is 1. The van der Waals surface area contributed by atoms with Crippen LogP contribution in [0.3, 0.4) is 0 Å². The number of piperidine rings is 2. The molecule has 0 spiro atoms. The van der Waals surface area contributed by atoms with Crippen LogP contribution in [0.4, 0.5) is 0 Å². The normalized spacial score (nSPS) is 17.0. The molecule has 11 heteroatoms. The SMILES string of the molecule is O=C1CCCC(=O)N1CCCc1cnc[nH]1.O=C1CCCC(=O)N1CCc1cn[nH]n1. The third kappa shape index (κ3) is 6.56. The standard InChI is InChI=1S/C11H15N3O2.C9H12N4O2/c15-10-4-1-5-11(16)14(10)6-2-3-9-7-12-8-13-9;14-8-2-1-3-9(15)13(8)5-4-7-6-10-12-11-7/h7-8H,1-6H2,(H,12,13);6H,1-5H2,(H,10,11,12). The summed E-state index contributed by atoms with van der Waals surface area (Å²) in [5.41, 5.74) is 1.80. The van der Waals surface area contributed by atoms with Crippen molar-refractivity contribution in [1.82, 2.24) is 35.2 Å². The van der Waals surface area contributed by atoms with Crippen LogP contribution in [0.15, 0.2) is 18.7 Å². The van der Waals surface area contributed by atoms with Gasteiger partial charge in [0.1, 0.15) is 0 Å². The molecule has 0 aliphatic carbocycles. The molecule has 4 rings (SSSR count). The summed E-state index contributed by atoms with van der Waals surface area (Å²) in [6.07, 6.45) is 10.5. The third-order valence-corrected chi connectivity index (χ3v) is 5.21. The number of carbonyl (C=O) groups is 4. The van der Waals surface area contributed by atoms with Crippen molar-refractivity contribution in [2.24, 2.45) is 0 Å². The van der Waals surface area contributed by atoms with Crippen LogP contribution in [0.25, 0.3) is 0 Å². The number of hydrogen-bond acceptors (Lipinski definition) is 7. The highest BCUT2D eigenvalue weighted by Gasteiger charge is 2.26. The van der Waals surface area contributed by atoms with Gasteiger partial charge in [0.2, 0.25) is 23.6 Å². The van der Waals surface area contributed by atoms with E-state index in [0.717, 1.165) is 24.2 Å². The summed E-state index contributed by atoms with van der Waals surface area (Å²) in [6.45, 7) is 0.931. The van der Waals surface area contributed by atoms with Crippen molar-refractivity contribution in [3.8, 4) is 0 Å². The summed E-state index contributed by atoms with van der Waals surface area (Å²) in [6, 6.07) is 0. The lowest BCUT2D eigenvalue weighted by atomic mass is 10.1. The van der Waals surface area contributed by atoms with Crippen molar-refractivity contribution < 1.29 is 19.2 Å². The molecule has 2 aromatic heterocycles. The maximum atomic E-state index is 11.5. The highest BCUT2D eigenvalue weighted by atomic mass is 16.2. The average molecular weight is 429 g/mol. The van der Waals surface area contributed by atoms with Crippen molar-refractivity contribution in [3.05, 3.63) is 30.1 Å². The minimum Gasteiger partial charge on any atom is -0.348 e. The molecule has 0 bridgehead atoms. The number of hydrogen-bond donors (Lipinski definition) is 2. The fourth-order valence-corrected chi connectivity index (χ4v) is 3.52. The van der Waals surface area contributed by atoms with Crippen LogP contribution in [-0.2, 0) is 32.0 Å². The minimum atomic E-state index is -0.0743. The molecule has 0 unspecified atom stereocenters. The summed E-state index contributed by atoms with van der Waals surface area (Å²) in [4.78, 5) is 55.4. The molecule has 0 radical (unpaired) electrons. The fraction of sp³-hybridized carbons (Fsp3) is 0.550. The van der Waals surface area contributed by atoms with Crippen molar-refractivity contribution >= 4 is 23.6 Å². The first-order chi connectivity index (χ1) is 15.0. The Morgan fingerprint density at radius 3 is 1.94 bits per heavy atom. The molecule has 0 saturated carbocycles. The predicted molar refractivity (Wildman–Crippen MR) is 108 cm³/mol. The Bertz CT molecular complexity index is 847. The molecule has 166 valence electrons. The zero-order valence-corrected chi connectivity index (χ0v) is 17.4. The van der Waals surface area contributed by atoms with Crippen LogP contribution in [-0.4, -0.2) is 71.9 Å². The Hall–Kier alpha value is -3.37. The largest absolute Gasteiger partial charge is 0.348 e. The van der Waals surface area contributed by atoms with Crippen LogP contribution in [0.2, 0.25) is 0 Å². The van der Waals surface area contributed by atoms with Gasteiger partial charge < -0.3 is 4.98 Å². The maximum Gasteiger partial charge on any atom is 0.229 e. The van der Waals surface area contributed by atoms with E-state index in [9.17, 15) is 19.2 Å². The Kier molecular flexibility index (Phi) is 8.02. The van der Waals surface area contributed by atoms with Gasteiger partial charge in [-0.3, -0.25) is 29.0 Å². The number of imide groups is 2. The monoisotopic (exact) mass is 429 g/mol. The maximum absolute atomic E-state index is 11.5. The third-order valence-electron chi connectivity index (χ3n) is 5.21. The first-order valence-electron chi connectivity index (χ1n) is 10.5. The summed E-state index contributed by atoms with van der Waals surface area (Å²) >= 11 is 0. The van der Waals surface area contributed by atoms with Crippen LogP contribution in [0, 0.1) is 0 Å². The smallest absolute Gasteiger partial charge is 0.229 e. The van der Waals surface area contributed by atoms with E-state index in [1.54, 1.807) is 18.7 Å². The summed E-state index contributed by atoms with van der Waals surface area (Å²) < 4.78 is 0. The van der Waals surface area contributed by atoms with Crippen molar-refractivity contribution in [1.29, 1.82) is 0 Å². The van der Waals surface area contributed by atoms with Gasteiger partial charge in [0, 0.05) is 57.1 Å². The lowest BCUT2D eigenvalue weighted by Gasteiger charge is -2.24. The van der Waals surface area contributed by atoms with Gasteiger partial charge in [-0.1, -0.05) is 0 Å². The second-order valence-corrected chi connectivity index (χ2v) is 7.48. The molecule has 11 nitrogen and oxygen atoms in total. The van der Waals surface area contributed by atoms with Crippen LogP contribution in [0.1, 0.15) is 56.3 Å². The lowest BCUT2D eigenvalue weighted by Crippen LogP contribution is -2.41. The second kappa shape index (κ2) is 11.1. The number of nitrogens with one attached hydrogen (secondary N) is 2. The fourth-order valence-electron chi connectivity index (χ4n) is 3.52. The predicted octanol–water partition coefficient (Wildman–Crippen LogP) is 0.768. The molecule has 0 aromatic carbocycles. The average Bonchev–Trinajstić information content (AvgIpc) is 3.45. The number of carbonyl (C=O) groups excluding carboxylic acids is 4. The number of H-pyrrole nitrogens is 2. The molecular formula is C20H27N7O4. The van der Waals surface area contributed by atoms with Gasteiger partial charge in [0.15, 0.2) is 0 Å². The Morgan fingerprint density at radius 2 is 1.42 bits per heavy atom. The second-order valence-electron chi connectivity index (χ2n) is 7.48. The van der Waals surface area contributed by atoms with Gasteiger partial charge >= 0.3 is 0 Å².